The number of aliphatic carboxylic acids is 1. The van der Waals surface area contributed by atoms with Gasteiger partial charge in [-0.05, 0) is 19.8 Å². The molecule has 0 saturated carbocycles. The SMILES string of the molecule is C=CCC(C)NC(=O)N(CC(=O)O)C1CCS(=O)(=O)C1. The first kappa shape index (κ1) is 16.5. The van der Waals surface area contributed by atoms with Gasteiger partial charge in [0.1, 0.15) is 6.54 Å². The Bertz CT molecular complexity index is 488. The van der Waals surface area contributed by atoms with Gasteiger partial charge in [-0.2, -0.15) is 0 Å². The van der Waals surface area contributed by atoms with Crippen LogP contribution in [0.3, 0.4) is 0 Å². The highest BCUT2D eigenvalue weighted by molar-refractivity contribution is 7.91. The Balaban J connectivity index is 2.76. The van der Waals surface area contributed by atoms with E-state index in [0.717, 1.165) is 4.90 Å². The number of nitrogens with one attached hydrogen (secondary N) is 1. The van der Waals surface area contributed by atoms with Crippen molar-refractivity contribution in [3.05, 3.63) is 12.7 Å². The van der Waals surface area contributed by atoms with Crippen molar-refractivity contribution in [1.82, 2.24) is 10.2 Å². The number of carboxylic acids is 1. The Labute approximate surface area is 118 Å². The van der Waals surface area contributed by atoms with E-state index in [-0.39, 0.29) is 24.0 Å². The number of sulfone groups is 1. The molecule has 114 valence electrons. The molecule has 20 heavy (non-hydrogen) atoms. The summed E-state index contributed by atoms with van der Waals surface area (Å²) in [6.07, 6.45) is 2.47. The van der Waals surface area contributed by atoms with Crippen LogP contribution in [0, 0.1) is 0 Å². The second kappa shape index (κ2) is 6.74. The summed E-state index contributed by atoms with van der Waals surface area (Å²) in [6.45, 7) is 4.82. The van der Waals surface area contributed by atoms with Gasteiger partial charge in [0.2, 0.25) is 0 Å². The fourth-order valence-electron chi connectivity index (χ4n) is 2.14. The third-order valence-corrected chi connectivity index (χ3v) is 4.86. The van der Waals surface area contributed by atoms with Crippen molar-refractivity contribution in [2.45, 2.75) is 31.8 Å². The van der Waals surface area contributed by atoms with Gasteiger partial charge in [-0.1, -0.05) is 6.08 Å². The van der Waals surface area contributed by atoms with Crippen LogP contribution >= 0.6 is 0 Å². The third kappa shape index (κ3) is 4.84. The van der Waals surface area contributed by atoms with E-state index >= 15 is 0 Å². The second-order valence-electron chi connectivity index (χ2n) is 4.95. The fraction of sp³-hybridized carbons (Fsp3) is 0.667. The summed E-state index contributed by atoms with van der Waals surface area (Å²) in [5.74, 6) is -1.35. The molecular weight excluding hydrogens is 284 g/mol. The van der Waals surface area contributed by atoms with Crippen LogP contribution in [0.5, 0.6) is 0 Å². The van der Waals surface area contributed by atoms with Crippen molar-refractivity contribution < 1.29 is 23.1 Å². The van der Waals surface area contributed by atoms with Crippen LogP contribution in [-0.4, -0.2) is 60.6 Å². The topological polar surface area (TPSA) is 104 Å². The Hall–Kier alpha value is -1.57. The third-order valence-electron chi connectivity index (χ3n) is 3.11. The smallest absolute Gasteiger partial charge is 0.323 e. The lowest BCUT2D eigenvalue weighted by Crippen LogP contribution is -2.51. The standard InChI is InChI=1S/C12H20N2O5S/c1-3-4-9(2)13-12(17)14(7-11(15)16)10-5-6-20(18,19)8-10/h3,9-10H,1,4-8H2,2H3,(H,13,17)(H,15,16). The molecule has 0 aromatic carbocycles. The minimum Gasteiger partial charge on any atom is -0.480 e. The predicted molar refractivity (Wildman–Crippen MR) is 74.2 cm³/mol. The van der Waals surface area contributed by atoms with Crippen LogP contribution in [0.15, 0.2) is 12.7 Å². The van der Waals surface area contributed by atoms with Crippen LogP contribution in [0.4, 0.5) is 4.79 Å². The molecule has 2 N–H and O–H groups in total. The van der Waals surface area contributed by atoms with E-state index in [4.69, 9.17) is 5.11 Å². The Morgan fingerprint density at radius 1 is 1.55 bits per heavy atom. The van der Waals surface area contributed by atoms with E-state index in [1.165, 1.54) is 0 Å². The van der Waals surface area contributed by atoms with Crippen molar-refractivity contribution in [1.29, 1.82) is 0 Å². The van der Waals surface area contributed by atoms with Gasteiger partial charge in [0.15, 0.2) is 9.84 Å². The van der Waals surface area contributed by atoms with E-state index in [9.17, 15) is 18.0 Å². The highest BCUT2D eigenvalue weighted by Gasteiger charge is 2.35. The van der Waals surface area contributed by atoms with E-state index in [1.807, 2.05) is 0 Å². The molecule has 2 amide bonds. The van der Waals surface area contributed by atoms with Crippen LogP contribution in [0.2, 0.25) is 0 Å². The van der Waals surface area contributed by atoms with E-state index in [2.05, 4.69) is 11.9 Å². The number of amides is 2. The molecule has 0 spiro atoms. The molecule has 0 bridgehead atoms. The Kier molecular flexibility index (Phi) is 5.55. The zero-order valence-corrected chi connectivity index (χ0v) is 12.2. The predicted octanol–water partition coefficient (Wildman–Crippen LogP) is 0.234. The van der Waals surface area contributed by atoms with Gasteiger partial charge in [0, 0.05) is 12.1 Å². The highest BCUT2D eigenvalue weighted by Crippen LogP contribution is 2.18. The molecule has 0 radical (unpaired) electrons. The fourth-order valence-corrected chi connectivity index (χ4v) is 3.87. The molecule has 0 aromatic heterocycles. The monoisotopic (exact) mass is 304 g/mol. The maximum Gasteiger partial charge on any atom is 0.323 e. The van der Waals surface area contributed by atoms with Crippen molar-refractivity contribution in [2.75, 3.05) is 18.1 Å². The van der Waals surface area contributed by atoms with Crippen LogP contribution in [0.1, 0.15) is 19.8 Å². The maximum absolute atomic E-state index is 12.1. The molecule has 2 unspecified atom stereocenters. The molecule has 1 rings (SSSR count). The van der Waals surface area contributed by atoms with Gasteiger partial charge in [-0.3, -0.25) is 4.79 Å². The summed E-state index contributed by atoms with van der Waals surface area (Å²) >= 11 is 0. The van der Waals surface area contributed by atoms with Crippen molar-refractivity contribution in [3.8, 4) is 0 Å². The molecular formula is C12H20N2O5S. The van der Waals surface area contributed by atoms with Gasteiger partial charge in [-0.25, -0.2) is 13.2 Å². The first-order chi connectivity index (χ1) is 9.25. The molecule has 1 saturated heterocycles. The van der Waals surface area contributed by atoms with Crippen LogP contribution in [-0.2, 0) is 14.6 Å². The molecule has 1 aliphatic rings. The molecule has 1 heterocycles. The van der Waals surface area contributed by atoms with Gasteiger partial charge in [0.05, 0.1) is 11.5 Å². The molecule has 0 aliphatic carbocycles. The van der Waals surface area contributed by atoms with Crippen molar-refractivity contribution in [3.63, 3.8) is 0 Å². The average Bonchev–Trinajstić information content (AvgIpc) is 2.66. The lowest BCUT2D eigenvalue weighted by molar-refractivity contribution is -0.138. The molecule has 1 aliphatic heterocycles. The van der Waals surface area contributed by atoms with Crippen LogP contribution in [0.25, 0.3) is 0 Å². The number of carboxylic acid groups (broad SMARTS) is 1. The minimum absolute atomic E-state index is 0.0106. The molecule has 1 fully saturated rings. The van der Waals surface area contributed by atoms with E-state index in [1.54, 1.807) is 13.0 Å². The second-order valence-corrected chi connectivity index (χ2v) is 7.18. The highest BCUT2D eigenvalue weighted by atomic mass is 32.2. The number of carbonyl (C=O) groups is 2. The van der Waals surface area contributed by atoms with Gasteiger partial charge in [-0.15, -0.1) is 6.58 Å². The van der Waals surface area contributed by atoms with E-state index < -0.39 is 34.4 Å². The Morgan fingerprint density at radius 3 is 2.65 bits per heavy atom. The number of nitrogens with zero attached hydrogens (tertiary/aromatic N) is 1. The first-order valence-electron chi connectivity index (χ1n) is 6.35. The summed E-state index contributed by atoms with van der Waals surface area (Å²) in [6, 6.07) is -1.31. The van der Waals surface area contributed by atoms with Crippen molar-refractivity contribution >= 4 is 21.8 Å². The zero-order valence-electron chi connectivity index (χ0n) is 11.4. The quantitative estimate of drug-likeness (QED) is 0.684. The molecule has 8 heteroatoms. The maximum atomic E-state index is 12.1. The molecule has 7 nitrogen and oxygen atoms in total. The lowest BCUT2D eigenvalue weighted by Gasteiger charge is -2.28. The normalized spacial score (nSPS) is 21.9. The minimum atomic E-state index is -3.18. The summed E-state index contributed by atoms with van der Waals surface area (Å²) < 4.78 is 22.9. The molecule has 0 aromatic rings. The van der Waals surface area contributed by atoms with Gasteiger partial charge in [0.25, 0.3) is 0 Å². The zero-order chi connectivity index (χ0) is 15.3. The van der Waals surface area contributed by atoms with Crippen molar-refractivity contribution in [2.24, 2.45) is 0 Å². The number of rotatable bonds is 6. The summed E-state index contributed by atoms with van der Waals surface area (Å²) in [4.78, 5) is 24.0. The summed E-state index contributed by atoms with van der Waals surface area (Å²) in [5, 5.41) is 11.5. The first-order valence-corrected chi connectivity index (χ1v) is 8.17. The number of hydrogen-bond acceptors (Lipinski definition) is 4. The van der Waals surface area contributed by atoms with E-state index in [0.29, 0.717) is 6.42 Å². The Morgan fingerprint density at radius 2 is 2.20 bits per heavy atom. The number of hydrogen-bond donors (Lipinski definition) is 2. The lowest BCUT2D eigenvalue weighted by atomic mass is 10.2. The number of carbonyl (C=O) groups excluding carboxylic acids is 1. The molecule has 2 atom stereocenters. The van der Waals surface area contributed by atoms with Crippen LogP contribution < -0.4 is 5.32 Å². The summed E-state index contributed by atoms with van der Waals surface area (Å²) in [7, 11) is -3.18. The largest absolute Gasteiger partial charge is 0.480 e. The summed E-state index contributed by atoms with van der Waals surface area (Å²) in [5.41, 5.74) is 0. The van der Waals surface area contributed by atoms with Gasteiger partial charge >= 0.3 is 12.0 Å². The average molecular weight is 304 g/mol. The van der Waals surface area contributed by atoms with Gasteiger partial charge < -0.3 is 15.3 Å². The number of urea groups is 1.